The number of aryl methyl sites for hydroxylation is 1. The van der Waals surface area contributed by atoms with Gasteiger partial charge in [0, 0.05) is 11.0 Å². The molecule has 0 unspecified atom stereocenters. The highest BCUT2D eigenvalue weighted by atomic mass is 16.5. The van der Waals surface area contributed by atoms with Gasteiger partial charge in [-0.05, 0) is 41.8 Å². The van der Waals surface area contributed by atoms with Crippen molar-refractivity contribution in [2.75, 3.05) is 14.2 Å². The average Bonchev–Trinajstić information content (AvgIpc) is 2.67. The highest BCUT2D eigenvalue weighted by molar-refractivity contribution is 6.59. The molecule has 0 radical (unpaired) electrons. The number of rotatable bonds is 5. The molecule has 0 aromatic heterocycles. The molecule has 2 N–H and O–H groups in total. The third-order valence-electron chi connectivity index (χ3n) is 4.40. The zero-order valence-electron chi connectivity index (χ0n) is 15.1. The minimum Gasteiger partial charge on any atom is -0.497 e. The average molecular weight is 348 g/mol. The maximum Gasteiger partial charge on any atom is 0.492 e. The van der Waals surface area contributed by atoms with Gasteiger partial charge in [0.1, 0.15) is 11.5 Å². The van der Waals surface area contributed by atoms with Crippen molar-refractivity contribution in [2.45, 2.75) is 6.92 Å². The molecule has 3 aromatic carbocycles. The molecule has 0 fully saturated rings. The Bertz CT molecular complexity index is 904. The minimum absolute atomic E-state index is 0.313. The van der Waals surface area contributed by atoms with Crippen LogP contribution in [0.25, 0.3) is 22.3 Å². The first-order chi connectivity index (χ1) is 12.5. The third kappa shape index (κ3) is 3.59. The largest absolute Gasteiger partial charge is 0.497 e. The summed E-state index contributed by atoms with van der Waals surface area (Å²) in [6, 6.07) is 19.6. The van der Waals surface area contributed by atoms with Gasteiger partial charge in [-0.2, -0.15) is 0 Å². The molecule has 3 aromatic rings. The second kappa shape index (κ2) is 7.64. The van der Waals surface area contributed by atoms with Gasteiger partial charge in [0.2, 0.25) is 0 Å². The van der Waals surface area contributed by atoms with Gasteiger partial charge in [0.15, 0.2) is 0 Å². The number of hydrogen-bond donors (Lipinski definition) is 2. The smallest absolute Gasteiger partial charge is 0.492 e. The summed E-state index contributed by atoms with van der Waals surface area (Å²) in [7, 11) is 1.51. The standard InChI is InChI=1S/C21H21BO4/c1-14-4-6-15(7-5-14)16-8-10-20(25-2)18(12-16)17-9-11-21(26-3)19(13-17)22(23)24/h4-13,23-24H,1-3H3. The topological polar surface area (TPSA) is 58.9 Å². The van der Waals surface area contributed by atoms with Gasteiger partial charge in [-0.3, -0.25) is 0 Å². The van der Waals surface area contributed by atoms with Gasteiger partial charge in [-0.15, -0.1) is 0 Å². The van der Waals surface area contributed by atoms with Crippen LogP contribution < -0.4 is 14.9 Å². The van der Waals surface area contributed by atoms with Crippen LogP contribution in [0.5, 0.6) is 11.5 Å². The predicted molar refractivity (Wildman–Crippen MR) is 105 cm³/mol. The maximum atomic E-state index is 9.64. The van der Waals surface area contributed by atoms with Crippen LogP contribution in [0, 0.1) is 6.92 Å². The summed E-state index contributed by atoms with van der Waals surface area (Å²) in [6.07, 6.45) is 0. The van der Waals surface area contributed by atoms with E-state index in [-0.39, 0.29) is 0 Å². The summed E-state index contributed by atoms with van der Waals surface area (Å²) in [5.74, 6) is 1.14. The van der Waals surface area contributed by atoms with E-state index in [1.807, 2.05) is 24.3 Å². The third-order valence-corrected chi connectivity index (χ3v) is 4.40. The SMILES string of the molecule is COc1ccc(-c2cc(-c3ccc(C)cc3)ccc2OC)cc1B(O)O. The van der Waals surface area contributed by atoms with Crippen molar-refractivity contribution in [1.82, 2.24) is 0 Å². The first-order valence-electron chi connectivity index (χ1n) is 8.33. The fraction of sp³-hybridized carbons (Fsp3) is 0.143. The van der Waals surface area contributed by atoms with Crippen LogP contribution in [0.1, 0.15) is 5.56 Å². The fourth-order valence-corrected chi connectivity index (χ4v) is 2.96. The summed E-state index contributed by atoms with van der Waals surface area (Å²) in [5.41, 5.74) is 5.37. The number of hydrogen-bond acceptors (Lipinski definition) is 4. The number of ether oxygens (including phenoxy) is 2. The highest BCUT2D eigenvalue weighted by Crippen LogP contribution is 2.34. The van der Waals surface area contributed by atoms with Crippen LogP contribution in [-0.2, 0) is 0 Å². The lowest BCUT2D eigenvalue weighted by Gasteiger charge is -2.14. The minimum atomic E-state index is -1.61. The van der Waals surface area contributed by atoms with Crippen molar-refractivity contribution in [3.05, 3.63) is 66.2 Å². The van der Waals surface area contributed by atoms with E-state index >= 15 is 0 Å². The molecular weight excluding hydrogens is 327 g/mol. The van der Waals surface area contributed by atoms with E-state index in [1.54, 1.807) is 19.2 Å². The molecule has 0 aliphatic rings. The summed E-state index contributed by atoms with van der Waals surface area (Å²) in [6.45, 7) is 2.06. The quantitative estimate of drug-likeness (QED) is 0.696. The van der Waals surface area contributed by atoms with E-state index in [4.69, 9.17) is 9.47 Å². The Morgan fingerprint density at radius 1 is 0.692 bits per heavy atom. The normalized spacial score (nSPS) is 10.5. The summed E-state index contributed by atoms with van der Waals surface area (Å²) >= 11 is 0. The van der Waals surface area contributed by atoms with Gasteiger partial charge in [-0.25, -0.2) is 0 Å². The zero-order valence-corrected chi connectivity index (χ0v) is 15.1. The molecule has 0 saturated heterocycles. The molecule has 0 spiro atoms. The lowest BCUT2D eigenvalue weighted by atomic mass is 9.78. The molecule has 0 heterocycles. The van der Waals surface area contributed by atoms with Crippen LogP contribution in [0.3, 0.4) is 0 Å². The number of methoxy groups -OCH3 is 2. The van der Waals surface area contributed by atoms with Crippen molar-refractivity contribution in [3.63, 3.8) is 0 Å². The summed E-state index contributed by atoms with van der Waals surface area (Å²) in [5, 5.41) is 19.3. The van der Waals surface area contributed by atoms with Crippen LogP contribution in [0.4, 0.5) is 0 Å². The Morgan fingerprint density at radius 3 is 1.88 bits per heavy atom. The van der Waals surface area contributed by atoms with Gasteiger partial charge >= 0.3 is 7.12 Å². The van der Waals surface area contributed by atoms with E-state index in [2.05, 4.69) is 31.2 Å². The monoisotopic (exact) mass is 348 g/mol. The first kappa shape index (κ1) is 18.0. The van der Waals surface area contributed by atoms with Crippen molar-refractivity contribution in [2.24, 2.45) is 0 Å². The molecule has 0 saturated carbocycles. The molecule has 4 nitrogen and oxygen atoms in total. The maximum absolute atomic E-state index is 9.64. The Balaban J connectivity index is 2.13. The lowest BCUT2D eigenvalue weighted by Crippen LogP contribution is -2.31. The Kier molecular flexibility index (Phi) is 5.31. The van der Waals surface area contributed by atoms with Gasteiger partial charge < -0.3 is 19.5 Å². The molecule has 5 heteroatoms. The Labute approximate surface area is 153 Å². The van der Waals surface area contributed by atoms with E-state index in [9.17, 15) is 10.0 Å². The summed E-state index contributed by atoms with van der Waals surface area (Å²) in [4.78, 5) is 0. The molecule has 0 amide bonds. The van der Waals surface area contributed by atoms with Crippen LogP contribution in [0.2, 0.25) is 0 Å². The van der Waals surface area contributed by atoms with E-state index < -0.39 is 7.12 Å². The van der Waals surface area contributed by atoms with Crippen LogP contribution in [-0.4, -0.2) is 31.4 Å². The molecule has 3 rings (SSSR count). The zero-order chi connectivity index (χ0) is 18.7. The van der Waals surface area contributed by atoms with Crippen molar-refractivity contribution in [1.29, 1.82) is 0 Å². The second-order valence-corrected chi connectivity index (χ2v) is 6.11. The Morgan fingerprint density at radius 2 is 1.27 bits per heavy atom. The summed E-state index contributed by atoms with van der Waals surface area (Å²) < 4.78 is 10.7. The molecule has 0 atom stereocenters. The van der Waals surface area contributed by atoms with E-state index in [0.29, 0.717) is 17.0 Å². The molecular formula is C21H21BO4. The molecule has 26 heavy (non-hydrogen) atoms. The van der Waals surface area contributed by atoms with E-state index in [1.165, 1.54) is 12.7 Å². The van der Waals surface area contributed by atoms with Crippen molar-refractivity contribution in [3.8, 4) is 33.8 Å². The van der Waals surface area contributed by atoms with Gasteiger partial charge in [-0.1, -0.05) is 48.0 Å². The van der Waals surface area contributed by atoms with Crippen LogP contribution >= 0.6 is 0 Å². The lowest BCUT2D eigenvalue weighted by molar-refractivity contribution is 0.403. The molecule has 0 bridgehead atoms. The molecule has 0 aliphatic carbocycles. The molecule has 132 valence electrons. The fourth-order valence-electron chi connectivity index (χ4n) is 2.96. The molecule has 0 aliphatic heterocycles. The van der Waals surface area contributed by atoms with Crippen LogP contribution in [0.15, 0.2) is 60.7 Å². The Hall–Kier alpha value is -2.76. The van der Waals surface area contributed by atoms with Gasteiger partial charge in [0.25, 0.3) is 0 Å². The van der Waals surface area contributed by atoms with Crippen molar-refractivity contribution < 1.29 is 19.5 Å². The van der Waals surface area contributed by atoms with Gasteiger partial charge in [0.05, 0.1) is 14.2 Å². The van der Waals surface area contributed by atoms with Crippen molar-refractivity contribution >= 4 is 12.6 Å². The first-order valence-corrected chi connectivity index (χ1v) is 8.33. The van der Waals surface area contributed by atoms with E-state index in [0.717, 1.165) is 22.3 Å². The predicted octanol–water partition coefficient (Wildman–Crippen LogP) is 3.03. The highest BCUT2D eigenvalue weighted by Gasteiger charge is 2.19. The second-order valence-electron chi connectivity index (χ2n) is 6.11. The number of benzene rings is 3.